The van der Waals surface area contributed by atoms with E-state index in [4.69, 9.17) is 16.3 Å². The molecule has 3 rings (SSSR count). The van der Waals surface area contributed by atoms with E-state index in [1.807, 2.05) is 12.1 Å². The molecule has 0 atom stereocenters. The van der Waals surface area contributed by atoms with Gasteiger partial charge in [0, 0.05) is 12.1 Å². The maximum absolute atomic E-state index is 12.2. The Morgan fingerprint density at radius 3 is 2.79 bits per heavy atom. The van der Waals surface area contributed by atoms with Crippen LogP contribution in [-0.4, -0.2) is 25.7 Å². The SMILES string of the molecule is COC(=O)c1ccc(Cl)c(NC(=O)Nc2ccc3c(c2)CCO3)c1. The highest BCUT2D eigenvalue weighted by Gasteiger charge is 2.14. The Morgan fingerprint density at radius 1 is 1.17 bits per heavy atom. The van der Waals surface area contributed by atoms with E-state index in [-0.39, 0.29) is 0 Å². The van der Waals surface area contributed by atoms with Gasteiger partial charge in [0.15, 0.2) is 0 Å². The van der Waals surface area contributed by atoms with E-state index in [1.165, 1.54) is 25.3 Å². The third-order valence-electron chi connectivity index (χ3n) is 3.58. The molecule has 0 aliphatic carbocycles. The molecule has 0 saturated heterocycles. The Morgan fingerprint density at radius 2 is 2.00 bits per heavy atom. The number of rotatable bonds is 3. The molecule has 0 spiro atoms. The molecular formula is C17H15ClN2O4. The maximum Gasteiger partial charge on any atom is 0.337 e. The summed E-state index contributed by atoms with van der Waals surface area (Å²) in [6.45, 7) is 0.654. The van der Waals surface area contributed by atoms with Gasteiger partial charge in [-0.15, -0.1) is 0 Å². The van der Waals surface area contributed by atoms with Gasteiger partial charge in [-0.2, -0.15) is 0 Å². The Balaban J connectivity index is 1.72. The van der Waals surface area contributed by atoms with Gasteiger partial charge < -0.3 is 20.1 Å². The number of ether oxygens (including phenoxy) is 2. The van der Waals surface area contributed by atoms with Gasteiger partial charge >= 0.3 is 12.0 Å². The number of carbonyl (C=O) groups is 2. The molecule has 0 saturated carbocycles. The summed E-state index contributed by atoms with van der Waals surface area (Å²) in [4.78, 5) is 23.7. The zero-order chi connectivity index (χ0) is 17.1. The third kappa shape index (κ3) is 3.44. The van der Waals surface area contributed by atoms with Gasteiger partial charge in [-0.25, -0.2) is 9.59 Å². The Kier molecular flexibility index (Phi) is 4.57. The number of fused-ring (bicyclic) bond motifs is 1. The van der Waals surface area contributed by atoms with E-state index in [2.05, 4.69) is 15.4 Å². The lowest BCUT2D eigenvalue weighted by Gasteiger charge is -2.11. The highest BCUT2D eigenvalue weighted by Crippen LogP contribution is 2.28. The number of urea groups is 1. The van der Waals surface area contributed by atoms with Crippen LogP contribution in [0.2, 0.25) is 5.02 Å². The Labute approximate surface area is 143 Å². The molecule has 124 valence electrons. The zero-order valence-corrected chi connectivity index (χ0v) is 13.6. The topological polar surface area (TPSA) is 76.7 Å². The van der Waals surface area contributed by atoms with Crippen LogP contribution < -0.4 is 15.4 Å². The average molecular weight is 347 g/mol. The number of hydrogen-bond donors (Lipinski definition) is 2. The Hall–Kier alpha value is -2.73. The molecule has 24 heavy (non-hydrogen) atoms. The van der Waals surface area contributed by atoms with Crippen molar-refractivity contribution in [2.45, 2.75) is 6.42 Å². The standard InChI is InChI=1S/C17H15ClN2O4/c1-23-16(21)11-2-4-13(18)14(9-11)20-17(22)19-12-3-5-15-10(8-12)6-7-24-15/h2-5,8-9H,6-7H2,1H3,(H2,19,20,22). The number of esters is 1. The summed E-state index contributed by atoms with van der Waals surface area (Å²) in [7, 11) is 1.29. The molecule has 7 heteroatoms. The second kappa shape index (κ2) is 6.80. The largest absolute Gasteiger partial charge is 0.493 e. The second-order valence-electron chi connectivity index (χ2n) is 5.19. The van der Waals surface area contributed by atoms with Crippen molar-refractivity contribution < 1.29 is 19.1 Å². The fourth-order valence-electron chi connectivity index (χ4n) is 2.41. The minimum atomic E-state index is -0.506. The lowest BCUT2D eigenvalue weighted by Crippen LogP contribution is -2.20. The summed E-state index contributed by atoms with van der Waals surface area (Å²) in [5.74, 6) is 0.337. The van der Waals surface area contributed by atoms with Crippen LogP contribution in [0.25, 0.3) is 0 Å². The third-order valence-corrected chi connectivity index (χ3v) is 3.91. The minimum Gasteiger partial charge on any atom is -0.493 e. The molecule has 1 heterocycles. The van der Waals surface area contributed by atoms with Crippen molar-refractivity contribution in [3.8, 4) is 5.75 Å². The van der Waals surface area contributed by atoms with Crippen LogP contribution in [0.3, 0.4) is 0 Å². The first-order valence-electron chi connectivity index (χ1n) is 7.28. The number of halogens is 1. The number of methoxy groups -OCH3 is 1. The van der Waals surface area contributed by atoms with E-state index in [0.29, 0.717) is 28.6 Å². The van der Waals surface area contributed by atoms with Gasteiger partial charge in [0.25, 0.3) is 0 Å². The summed E-state index contributed by atoms with van der Waals surface area (Å²) < 4.78 is 10.1. The number of anilines is 2. The molecule has 0 unspecified atom stereocenters. The maximum atomic E-state index is 12.2. The molecule has 0 bridgehead atoms. The number of hydrogen-bond acceptors (Lipinski definition) is 4. The first kappa shape index (κ1) is 16.1. The number of benzene rings is 2. The summed E-state index contributed by atoms with van der Waals surface area (Å²) in [5.41, 5.74) is 2.32. The van der Waals surface area contributed by atoms with Crippen molar-refractivity contribution >= 4 is 35.0 Å². The van der Waals surface area contributed by atoms with Crippen molar-refractivity contribution in [2.75, 3.05) is 24.4 Å². The monoisotopic (exact) mass is 346 g/mol. The fraction of sp³-hybridized carbons (Fsp3) is 0.176. The molecule has 1 aliphatic rings. The predicted octanol–water partition coefficient (Wildman–Crippen LogP) is 3.71. The van der Waals surface area contributed by atoms with E-state index >= 15 is 0 Å². The molecule has 2 amide bonds. The molecule has 0 aromatic heterocycles. The van der Waals surface area contributed by atoms with Crippen LogP contribution in [0, 0.1) is 0 Å². The summed E-state index contributed by atoms with van der Waals surface area (Å²) in [5, 5.41) is 5.67. The molecule has 2 aromatic rings. The van der Waals surface area contributed by atoms with E-state index < -0.39 is 12.0 Å². The van der Waals surface area contributed by atoms with Gasteiger partial charge in [-0.3, -0.25) is 0 Å². The van der Waals surface area contributed by atoms with Crippen molar-refractivity contribution in [1.82, 2.24) is 0 Å². The zero-order valence-electron chi connectivity index (χ0n) is 12.9. The molecule has 0 fully saturated rings. The van der Waals surface area contributed by atoms with Gasteiger partial charge in [0.2, 0.25) is 0 Å². The van der Waals surface area contributed by atoms with Crippen LogP contribution in [0.5, 0.6) is 5.75 Å². The smallest absolute Gasteiger partial charge is 0.337 e. The van der Waals surface area contributed by atoms with Gasteiger partial charge in [-0.1, -0.05) is 11.6 Å². The summed E-state index contributed by atoms with van der Waals surface area (Å²) in [6, 6.07) is 9.50. The second-order valence-corrected chi connectivity index (χ2v) is 5.59. The number of nitrogens with one attached hydrogen (secondary N) is 2. The van der Waals surface area contributed by atoms with Crippen molar-refractivity contribution in [3.63, 3.8) is 0 Å². The lowest BCUT2D eigenvalue weighted by molar-refractivity contribution is 0.0600. The molecule has 0 radical (unpaired) electrons. The van der Waals surface area contributed by atoms with Crippen LogP contribution in [-0.2, 0) is 11.2 Å². The predicted molar refractivity (Wildman–Crippen MR) is 91.1 cm³/mol. The summed E-state index contributed by atoms with van der Waals surface area (Å²) in [6.07, 6.45) is 0.819. The van der Waals surface area contributed by atoms with Gasteiger partial charge in [-0.05, 0) is 42.0 Å². The molecule has 6 nitrogen and oxygen atoms in total. The highest BCUT2D eigenvalue weighted by atomic mass is 35.5. The minimum absolute atomic E-state index is 0.298. The Bertz CT molecular complexity index is 807. The van der Waals surface area contributed by atoms with Crippen molar-refractivity contribution in [2.24, 2.45) is 0 Å². The van der Waals surface area contributed by atoms with Crippen LogP contribution in [0.4, 0.5) is 16.2 Å². The van der Waals surface area contributed by atoms with Crippen molar-refractivity contribution in [3.05, 3.63) is 52.5 Å². The average Bonchev–Trinajstić information content (AvgIpc) is 3.03. The normalized spacial score (nSPS) is 12.1. The lowest BCUT2D eigenvalue weighted by atomic mass is 10.1. The number of carbonyl (C=O) groups excluding carboxylic acids is 2. The fourth-order valence-corrected chi connectivity index (χ4v) is 2.58. The molecule has 2 N–H and O–H groups in total. The van der Waals surface area contributed by atoms with Crippen molar-refractivity contribution in [1.29, 1.82) is 0 Å². The van der Waals surface area contributed by atoms with Gasteiger partial charge in [0.05, 0.1) is 30.0 Å². The highest BCUT2D eigenvalue weighted by molar-refractivity contribution is 6.34. The van der Waals surface area contributed by atoms with E-state index in [0.717, 1.165) is 17.7 Å². The first-order valence-corrected chi connectivity index (χ1v) is 7.66. The van der Waals surface area contributed by atoms with Crippen LogP contribution in [0.15, 0.2) is 36.4 Å². The van der Waals surface area contributed by atoms with Crippen LogP contribution >= 0.6 is 11.6 Å². The summed E-state index contributed by atoms with van der Waals surface area (Å²) >= 11 is 6.06. The quantitative estimate of drug-likeness (QED) is 0.831. The van der Waals surface area contributed by atoms with Crippen LogP contribution in [0.1, 0.15) is 15.9 Å². The first-order chi connectivity index (χ1) is 11.6. The van der Waals surface area contributed by atoms with E-state index in [9.17, 15) is 9.59 Å². The number of amides is 2. The molecule has 1 aliphatic heterocycles. The van der Waals surface area contributed by atoms with E-state index in [1.54, 1.807) is 6.07 Å². The van der Waals surface area contributed by atoms with Gasteiger partial charge in [0.1, 0.15) is 5.75 Å². The molecule has 2 aromatic carbocycles. The molecular weight excluding hydrogens is 332 g/mol.